The third-order valence-corrected chi connectivity index (χ3v) is 5.14. The van der Waals surface area contributed by atoms with Crippen LogP contribution in [0.25, 0.3) is 0 Å². The van der Waals surface area contributed by atoms with Crippen molar-refractivity contribution in [3.05, 3.63) is 89.4 Å². The quantitative estimate of drug-likeness (QED) is 0.709. The molecule has 0 bridgehead atoms. The lowest BCUT2D eigenvalue weighted by molar-refractivity contribution is 0.102. The Bertz CT molecular complexity index is 1010. The lowest BCUT2D eigenvalue weighted by Crippen LogP contribution is -2.46. The summed E-state index contributed by atoms with van der Waals surface area (Å²) in [6.45, 7) is 4.05. The first-order valence-electron chi connectivity index (χ1n) is 9.67. The van der Waals surface area contributed by atoms with Gasteiger partial charge in [0.05, 0.1) is 5.56 Å². The third-order valence-electron chi connectivity index (χ3n) is 5.14. The van der Waals surface area contributed by atoms with Crippen LogP contribution in [0.3, 0.4) is 0 Å². The highest BCUT2D eigenvalue weighted by Gasteiger charge is 2.25. The number of benzene rings is 2. The highest BCUT2D eigenvalue weighted by Crippen LogP contribution is 2.25. The summed E-state index contributed by atoms with van der Waals surface area (Å²) in [6, 6.07) is 18.3. The van der Waals surface area contributed by atoms with Crippen LogP contribution in [0.4, 0.5) is 15.9 Å². The highest BCUT2D eigenvalue weighted by molar-refractivity contribution is 6.07. The number of carbonyl (C=O) groups is 1. The molecule has 0 radical (unpaired) electrons. The van der Waals surface area contributed by atoms with Gasteiger partial charge in [0.2, 0.25) is 0 Å². The fraction of sp³-hybridized carbons (Fsp3) is 0.217. The number of hydrogen-bond acceptors (Lipinski definition) is 4. The van der Waals surface area contributed by atoms with Gasteiger partial charge < -0.3 is 15.5 Å². The Hall–Kier alpha value is -3.25. The molecule has 0 spiro atoms. The minimum Gasteiger partial charge on any atom is -0.353 e. The van der Waals surface area contributed by atoms with E-state index < -0.39 is 0 Å². The van der Waals surface area contributed by atoms with E-state index in [4.69, 9.17) is 0 Å². The Labute approximate surface area is 169 Å². The van der Waals surface area contributed by atoms with Crippen molar-refractivity contribution < 1.29 is 9.18 Å². The minimum absolute atomic E-state index is 0.169. The number of anilines is 2. The first kappa shape index (κ1) is 19.1. The van der Waals surface area contributed by atoms with Crippen LogP contribution in [0.1, 0.15) is 27.5 Å². The molecule has 148 valence electrons. The summed E-state index contributed by atoms with van der Waals surface area (Å²) in [5.74, 6) is 0.0835. The Balaban J connectivity index is 1.57. The number of carbonyl (C=O) groups excluding carboxylic acids is 1. The fourth-order valence-electron chi connectivity index (χ4n) is 3.63. The zero-order valence-corrected chi connectivity index (χ0v) is 16.2. The summed E-state index contributed by atoms with van der Waals surface area (Å²) in [5.41, 5.74) is 2.98. The van der Waals surface area contributed by atoms with Crippen LogP contribution in [-0.4, -0.2) is 30.5 Å². The van der Waals surface area contributed by atoms with Crippen LogP contribution in [0.2, 0.25) is 0 Å². The van der Waals surface area contributed by atoms with Crippen LogP contribution in [-0.2, 0) is 0 Å². The van der Waals surface area contributed by atoms with Gasteiger partial charge in [0.25, 0.3) is 5.91 Å². The Morgan fingerprint density at radius 3 is 2.79 bits per heavy atom. The topological polar surface area (TPSA) is 57.3 Å². The van der Waals surface area contributed by atoms with E-state index in [-0.39, 0.29) is 17.8 Å². The molecule has 0 aliphatic carbocycles. The van der Waals surface area contributed by atoms with Gasteiger partial charge in [-0.15, -0.1) is 0 Å². The standard InChI is InChI=1S/C23H23FN4O/c1-16-14-18(24)9-10-20(16)27-23(29)19-8-5-11-26-22(19)28-13-12-25-21(15-28)17-6-3-2-4-7-17/h2-11,14,21,25H,12-13,15H2,1H3,(H,27,29). The van der Waals surface area contributed by atoms with Crippen LogP contribution < -0.4 is 15.5 Å². The van der Waals surface area contributed by atoms with Crippen molar-refractivity contribution in [1.29, 1.82) is 0 Å². The van der Waals surface area contributed by atoms with E-state index in [9.17, 15) is 9.18 Å². The molecule has 5 nitrogen and oxygen atoms in total. The summed E-state index contributed by atoms with van der Waals surface area (Å²) < 4.78 is 13.4. The van der Waals surface area contributed by atoms with Crippen LogP contribution >= 0.6 is 0 Å². The van der Waals surface area contributed by atoms with Crippen molar-refractivity contribution in [3.63, 3.8) is 0 Å². The Kier molecular flexibility index (Phi) is 5.53. The van der Waals surface area contributed by atoms with Gasteiger partial charge in [-0.2, -0.15) is 0 Å². The molecule has 29 heavy (non-hydrogen) atoms. The number of nitrogens with one attached hydrogen (secondary N) is 2. The zero-order chi connectivity index (χ0) is 20.2. The van der Waals surface area contributed by atoms with Gasteiger partial charge in [-0.1, -0.05) is 30.3 Å². The van der Waals surface area contributed by atoms with Gasteiger partial charge in [-0.25, -0.2) is 9.37 Å². The van der Waals surface area contributed by atoms with Crippen molar-refractivity contribution in [2.24, 2.45) is 0 Å². The van der Waals surface area contributed by atoms with E-state index in [1.165, 1.54) is 17.7 Å². The number of hydrogen-bond donors (Lipinski definition) is 2. The summed E-state index contributed by atoms with van der Waals surface area (Å²) in [5, 5.41) is 6.42. The average Bonchev–Trinajstić information content (AvgIpc) is 2.76. The monoisotopic (exact) mass is 390 g/mol. The normalized spacial score (nSPS) is 16.5. The number of aryl methyl sites for hydroxylation is 1. The molecule has 1 saturated heterocycles. The number of pyridine rings is 1. The smallest absolute Gasteiger partial charge is 0.259 e. The maximum Gasteiger partial charge on any atom is 0.259 e. The van der Waals surface area contributed by atoms with Gasteiger partial charge in [-0.3, -0.25) is 4.79 Å². The molecule has 1 aliphatic heterocycles. The molecule has 2 N–H and O–H groups in total. The van der Waals surface area contributed by atoms with Crippen LogP contribution in [0, 0.1) is 12.7 Å². The maximum absolute atomic E-state index is 13.4. The van der Waals surface area contributed by atoms with Crippen LogP contribution in [0.5, 0.6) is 0 Å². The first-order valence-corrected chi connectivity index (χ1v) is 9.67. The van der Waals surface area contributed by atoms with E-state index in [1.54, 1.807) is 31.3 Å². The van der Waals surface area contributed by atoms with Crippen molar-refractivity contribution in [3.8, 4) is 0 Å². The molecule has 0 saturated carbocycles. The summed E-state index contributed by atoms with van der Waals surface area (Å²) in [4.78, 5) is 19.6. The summed E-state index contributed by atoms with van der Waals surface area (Å²) in [7, 11) is 0. The number of amides is 1. The molecule has 2 aromatic carbocycles. The van der Waals surface area contributed by atoms with Crippen molar-refractivity contribution >= 4 is 17.4 Å². The van der Waals surface area contributed by atoms with Gasteiger partial charge in [0.15, 0.2) is 0 Å². The lowest BCUT2D eigenvalue weighted by atomic mass is 10.0. The number of nitrogens with zero attached hydrogens (tertiary/aromatic N) is 2. The minimum atomic E-state index is -0.324. The molecular formula is C23H23FN4O. The second-order valence-corrected chi connectivity index (χ2v) is 7.15. The number of piperazine rings is 1. The van der Waals surface area contributed by atoms with Crippen LogP contribution in [0.15, 0.2) is 66.9 Å². The van der Waals surface area contributed by atoms with E-state index in [1.807, 2.05) is 18.2 Å². The molecule has 2 heterocycles. The molecule has 1 atom stereocenters. The SMILES string of the molecule is Cc1cc(F)ccc1NC(=O)c1cccnc1N1CCNC(c2ccccc2)C1. The molecule has 1 fully saturated rings. The van der Waals surface area contributed by atoms with Crippen molar-refractivity contribution in [1.82, 2.24) is 10.3 Å². The maximum atomic E-state index is 13.4. The van der Waals surface area contributed by atoms with E-state index in [2.05, 4.69) is 32.7 Å². The van der Waals surface area contributed by atoms with Crippen molar-refractivity contribution in [2.75, 3.05) is 29.9 Å². The highest BCUT2D eigenvalue weighted by atomic mass is 19.1. The Morgan fingerprint density at radius 1 is 1.17 bits per heavy atom. The van der Waals surface area contributed by atoms with Gasteiger partial charge in [0, 0.05) is 37.6 Å². The van der Waals surface area contributed by atoms with Gasteiger partial charge >= 0.3 is 0 Å². The summed E-state index contributed by atoms with van der Waals surface area (Å²) >= 11 is 0. The van der Waals surface area contributed by atoms with Gasteiger partial charge in [-0.05, 0) is 48.4 Å². The molecule has 1 amide bonds. The second-order valence-electron chi connectivity index (χ2n) is 7.15. The first-order chi connectivity index (χ1) is 14.1. The Morgan fingerprint density at radius 2 is 2.00 bits per heavy atom. The fourth-order valence-corrected chi connectivity index (χ4v) is 3.63. The molecular weight excluding hydrogens is 367 g/mol. The molecule has 1 unspecified atom stereocenters. The molecule has 1 aliphatic rings. The lowest BCUT2D eigenvalue weighted by Gasteiger charge is -2.35. The number of rotatable bonds is 4. The third kappa shape index (κ3) is 4.27. The zero-order valence-electron chi connectivity index (χ0n) is 16.2. The molecule has 6 heteroatoms. The van der Waals surface area contributed by atoms with E-state index in [0.29, 0.717) is 22.6 Å². The average molecular weight is 390 g/mol. The summed E-state index contributed by atoms with van der Waals surface area (Å²) in [6.07, 6.45) is 1.70. The largest absolute Gasteiger partial charge is 0.353 e. The molecule has 3 aromatic rings. The predicted octanol–water partition coefficient (Wildman–Crippen LogP) is 3.93. The number of aromatic nitrogens is 1. The molecule has 1 aromatic heterocycles. The van der Waals surface area contributed by atoms with Crippen molar-refractivity contribution in [2.45, 2.75) is 13.0 Å². The predicted molar refractivity (Wildman–Crippen MR) is 113 cm³/mol. The van der Waals surface area contributed by atoms with E-state index >= 15 is 0 Å². The van der Waals surface area contributed by atoms with Gasteiger partial charge in [0.1, 0.15) is 11.6 Å². The molecule has 4 rings (SSSR count). The van der Waals surface area contributed by atoms with E-state index in [0.717, 1.165) is 19.6 Å². The number of halogens is 1. The second kappa shape index (κ2) is 8.41.